The molecule has 3 aromatic rings. The summed E-state index contributed by atoms with van der Waals surface area (Å²) in [6.07, 6.45) is -3.85. The molecule has 226 valence electrons. The summed E-state index contributed by atoms with van der Waals surface area (Å²) < 4.78 is 69.3. The van der Waals surface area contributed by atoms with Gasteiger partial charge in [-0.15, -0.1) is 0 Å². The van der Waals surface area contributed by atoms with Gasteiger partial charge < -0.3 is 10.2 Å². The van der Waals surface area contributed by atoms with Crippen molar-refractivity contribution >= 4 is 27.5 Å². The predicted octanol–water partition coefficient (Wildman–Crippen LogP) is 5.93. The van der Waals surface area contributed by atoms with Crippen LogP contribution in [-0.2, 0) is 32.3 Å². The fraction of sp³-hybridized carbons (Fsp3) is 0.355. The smallest absolute Gasteiger partial charge is 0.352 e. The number of rotatable bonds is 12. The molecular weight excluding hydrogens is 567 g/mol. The van der Waals surface area contributed by atoms with Crippen molar-refractivity contribution in [2.24, 2.45) is 0 Å². The minimum absolute atomic E-state index is 0.00683. The van der Waals surface area contributed by atoms with E-state index in [-0.39, 0.29) is 29.6 Å². The van der Waals surface area contributed by atoms with Crippen molar-refractivity contribution in [3.63, 3.8) is 0 Å². The van der Waals surface area contributed by atoms with Crippen LogP contribution < -0.4 is 9.62 Å². The van der Waals surface area contributed by atoms with Gasteiger partial charge >= 0.3 is 6.18 Å². The van der Waals surface area contributed by atoms with E-state index in [4.69, 9.17) is 0 Å². The minimum Gasteiger partial charge on any atom is -0.352 e. The highest BCUT2D eigenvalue weighted by atomic mass is 32.2. The Labute approximate surface area is 245 Å². The molecule has 0 unspecified atom stereocenters. The SMILES string of the molecule is CC[C@@H](C)NC(=O)[C@@H](CC)N(Cc1ccccc1)C(=O)CN(c1cccc(C(F)(F)F)c1)S(=O)(=O)c1ccc(C)cc1. The molecular formula is C31H36F3N3O4S. The van der Waals surface area contributed by atoms with Crippen LogP contribution in [0.4, 0.5) is 18.9 Å². The second-order valence-electron chi connectivity index (χ2n) is 10.1. The van der Waals surface area contributed by atoms with Gasteiger partial charge in [0.05, 0.1) is 16.1 Å². The van der Waals surface area contributed by atoms with E-state index in [9.17, 15) is 31.2 Å². The molecule has 0 radical (unpaired) electrons. The number of nitrogens with zero attached hydrogens (tertiary/aromatic N) is 2. The fourth-order valence-corrected chi connectivity index (χ4v) is 5.75. The van der Waals surface area contributed by atoms with E-state index in [1.54, 1.807) is 56.3 Å². The molecule has 3 rings (SSSR count). The highest BCUT2D eigenvalue weighted by molar-refractivity contribution is 7.92. The third kappa shape index (κ3) is 8.12. The largest absolute Gasteiger partial charge is 0.416 e. The lowest BCUT2D eigenvalue weighted by Crippen LogP contribution is -2.53. The van der Waals surface area contributed by atoms with Crippen molar-refractivity contribution in [1.82, 2.24) is 10.2 Å². The molecule has 0 saturated heterocycles. The number of carbonyl (C=O) groups is 2. The monoisotopic (exact) mass is 603 g/mol. The first-order valence-electron chi connectivity index (χ1n) is 13.7. The first kappa shape index (κ1) is 32.7. The van der Waals surface area contributed by atoms with Crippen LogP contribution >= 0.6 is 0 Å². The quantitative estimate of drug-likeness (QED) is 0.278. The Kier molecular flexibility index (Phi) is 10.8. The number of amides is 2. The molecule has 0 aliphatic rings. The molecule has 0 fully saturated rings. The Morgan fingerprint density at radius 1 is 0.905 bits per heavy atom. The normalized spacial score (nSPS) is 13.2. The number of hydrogen-bond donors (Lipinski definition) is 1. The Bertz CT molecular complexity index is 1460. The topological polar surface area (TPSA) is 86.8 Å². The summed E-state index contributed by atoms with van der Waals surface area (Å²) in [4.78, 5) is 28.4. The van der Waals surface area contributed by atoms with Gasteiger partial charge in [-0.1, -0.05) is 67.9 Å². The van der Waals surface area contributed by atoms with Crippen molar-refractivity contribution in [2.45, 2.75) is 70.2 Å². The van der Waals surface area contributed by atoms with Gasteiger partial charge in [0.25, 0.3) is 10.0 Å². The Hall–Kier alpha value is -3.86. The Morgan fingerprint density at radius 2 is 1.55 bits per heavy atom. The average Bonchev–Trinajstić information content (AvgIpc) is 2.95. The molecule has 7 nitrogen and oxygen atoms in total. The minimum atomic E-state index is -4.74. The van der Waals surface area contributed by atoms with Gasteiger partial charge in [-0.25, -0.2) is 8.42 Å². The molecule has 0 heterocycles. The predicted molar refractivity (Wildman–Crippen MR) is 156 cm³/mol. The van der Waals surface area contributed by atoms with Gasteiger partial charge in [-0.2, -0.15) is 13.2 Å². The van der Waals surface area contributed by atoms with E-state index in [0.717, 1.165) is 17.7 Å². The molecule has 1 N–H and O–H groups in total. The summed E-state index contributed by atoms with van der Waals surface area (Å²) in [5.41, 5.74) is 0.100. The van der Waals surface area contributed by atoms with E-state index in [1.807, 2.05) is 13.8 Å². The molecule has 3 aromatic carbocycles. The van der Waals surface area contributed by atoms with E-state index in [2.05, 4.69) is 5.32 Å². The first-order valence-corrected chi connectivity index (χ1v) is 15.1. The van der Waals surface area contributed by atoms with Crippen molar-refractivity contribution < 1.29 is 31.2 Å². The summed E-state index contributed by atoms with van der Waals surface area (Å²) in [6, 6.07) is 17.4. The number of carbonyl (C=O) groups excluding carboxylic acids is 2. The lowest BCUT2D eigenvalue weighted by molar-refractivity contribution is -0.140. The summed E-state index contributed by atoms with van der Waals surface area (Å²) in [5.74, 6) is -1.14. The van der Waals surface area contributed by atoms with Crippen molar-refractivity contribution in [3.8, 4) is 0 Å². The molecule has 0 bridgehead atoms. The van der Waals surface area contributed by atoms with E-state index in [1.165, 1.54) is 23.1 Å². The summed E-state index contributed by atoms with van der Waals surface area (Å²) >= 11 is 0. The maximum absolute atomic E-state index is 14.0. The van der Waals surface area contributed by atoms with Crippen LogP contribution in [0.3, 0.4) is 0 Å². The molecule has 0 aromatic heterocycles. The highest BCUT2D eigenvalue weighted by Crippen LogP contribution is 2.33. The summed E-state index contributed by atoms with van der Waals surface area (Å²) in [7, 11) is -4.49. The third-order valence-corrected chi connectivity index (χ3v) is 8.72. The Balaban J connectivity index is 2.11. The number of nitrogens with one attached hydrogen (secondary N) is 1. The van der Waals surface area contributed by atoms with Crippen LogP contribution in [0.15, 0.2) is 83.8 Å². The molecule has 2 amide bonds. The lowest BCUT2D eigenvalue weighted by Gasteiger charge is -2.34. The second-order valence-corrected chi connectivity index (χ2v) is 12.0. The van der Waals surface area contributed by atoms with Gasteiger partial charge in [-0.3, -0.25) is 13.9 Å². The number of benzene rings is 3. The van der Waals surface area contributed by atoms with Crippen LogP contribution in [0, 0.1) is 6.92 Å². The number of hydrogen-bond acceptors (Lipinski definition) is 4. The number of sulfonamides is 1. The van der Waals surface area contributed by atoms with Crippen LogP contribution in [0.2, 0.25) is 0 Å². The second kappa shape index (κ2) is 13.9. The standard InChI is InChI=1S/C31H36F3N3O4S/c1-5-23(4)35-30(39)28(6-2)36(20-24-11-8-7-9-12-24)29(38)21-37(26-14-10-13-25(19-26)31(32,33)34)42(40,41)27-17-15-22(3)16-18-27/h7-19,23,28H,5-6,20-21H2,1-4H3,(H,35,39)/t23-,28-/m1/s1. The zero-order chi connectivity index (χ0) is 31.1. The zero-order valence-corrected chi connectivity index (χ0v) is 24.9. The first-order chi connectivity index (χ1) is 19.8. The molecule has 42 heavy (non-hydrogen) atoms. The van der Waals surface area contributed by atoms with Crippen molar-refractivity contribution in [1.29, 1.82) is 0 Å². The maximum Gasteiger partial charge on any atom is 0.416 e. The summed E-state index contributed by atoms with van der Waals surface area (Å²) in [5, 5.41) is 2.88. The summed E-state index contributed by atoms with van der Waals surface area (Å²) in [6.45, 7) is 6.41. The fourth-order valence-electron chi connectivity index (χ4n) is 4.34. The van der Waals surface area contributed by atoms with Crippen LogP contribution in [0.25, 0.3) is 0 Å². The molecule has 2 atom stereocenters. The average molecular weight is 604 g/mol. The number of alkyl halides is 3. The van der Waals surface area contributed by atoms with Gasteiger partial charge in [0, 0.05) is 12.6 Å². The van der Waals surface area contributed by atoms with Gasteiger partial charge in [0.15, 0.2) is 0 Å². The van der Waals surface area contributed by atoms with Crippen molar-refractivity contribution in [3.05, 3.63) is 95.6 Å². The van der Waals surface area contributed by atoms with Gasteiger partial charge in [0.2, 0.25) is 11.8 Å². The molecule has 0 spiro atoms. The number of aryl methyl sites for hydroxylation is 1. The van der Waals surface area contributed by atoms with Gasteiger partial charge in [0.1, 0.15) is 12.6 Å². The van der Waals surface area contributed by atoms with E-state index in [0.29, 0.717) is 22.4 Å². The van der Waals surface area contributed by atoms with Crippen LogP contribution in [0.5, 0.6) is 0 Å². The van der Waals surface area contributed by atoms with Crippen molar-refractivity contribution in [2.75, 3.05) is 10.8 Å². The highest BCUT2D eigenvalue weighted by Gasteiger charge is 2.36. The van der Waals surface area contributed by atoms with Crippen LogP contribution in [-0.4, -0.2) is 43.8 Å². The third-order valence-electron chi connectivity index (χ3n) is 6.93. The van der Waals surface area contributed by atoms with Crippen LogP contribution in [0.1, 0.15) is 50.3 Å². The van der Waals surface area contributed by atoms with Gasteiger partial charge in [-0.05, 0) is 62.6 Å². The zero-order valence-electron chi connectivity index (χ0n) is 24.1. The molecule has 11 heteroatoms. The number of anilines is 1. The molecule has 0 aliphatic heterocycles. The maximum atomic E-state index is 14.0. The Morgan fingerprint density at radius 3 is 2.12 bits per heavy atom. The molecule has 0 saturated carbocycles. The lowest BCUT2D eigenvalue weighted by atomic mass is 10.1. The van der Waals surface area contributed by atoms with E-state index < -0.39 is 46.2 Å². The van der Waals surface area contributed by atoms with E-state index >= 15 is 0 Å². The molecule has 0 aliphatic carbocycles. The number of halogens is 3.